The molecular weight excluding hydrogens is 320 g/mol. The highest BCUT2D eigenvalue weighted by Crippen LogP contribution is 2.24. The van der Waals surface area contributed by atoms with Crippen molar-refractivity contribution in [1.29, 1.82) is 0 Å². The van der Waals surface area contributed by atoms with E-state index in [-0.39, 0.29) is 11.3 Å². The van der Waals surface area contributed by atoms with Crippen molar-refractivity contribution in [3.8, 4) is 17.2 Å². The summed E-state index contributed by atoms with van der Waals surface area (Å²) >= 11 is 0. The Kier molecular flexibility index (Phi) is 6.31. The first-order valence-corrected chi connectivity index (χ1v) is 7.39. The van der Waals surface area contributed by atoms with Crippen LogP contribution in [0, 0.1) is 0 Å². The molecule has 3 rings (SSSR count). The molecule has 0 saturated heterocycles. The van der Waals surface area contributed by atoms with Gasteiger partial charge in [-0.1, -0.05) is 30.3 Å². The number of phenols is 1. The predicted octanol–water partition coefficient (Wildman–Crippen LogP) is 4.38. The summed E-state index contributed by atoms with van der Waals surface area (Å²) in [5, 5.41) is 17.7. The van der Waals surface area contributed by atoms with Gasteiger partial charge in [-0.25, -0.2) is 4.79 Å². The Morgan fingerprint density at radius 3 is 2.04 bits per heavy atom. The minimum Gasteiger partial charge on any atom is -0.508 e. The molecule has 0 unspecified atom stereocenters. The van der Waals surface area contributed by atoms with Gasteiger partial charge in [0.15, 0.2) is 0 Å². The van der Waals surface area contributed by atoms with Gasteiger partial charge in [0.05, 0.1) is 0 Å². The van der Waals surface area contributed by atoms with Crippen LogP contribution < -0.4 is 4.74 Å². The van der Waals surface area contributed by atoms with Gasteiger partial charge < -0.3 is 14.9 Å². The summed E-state index contributed by atoms with van der Waals surface area (Å²) in [6.45, 7) is 0. The molecule has 126 valence electrons. The van der Waals surface area contributed by atoms with E-state index in [0.29, 0.717) is 17.1 Å². The number of carboxylic acids is 1. The molecule has 0 fully saturated rings. The second-order valence-corrected chi connectivity index (χ2v) is 4.93. The highest BCUT2D eigenvalue weighted by molar-refractivity contribution is 5.90. The Morgan fingerprint density at radius 1 is 0.840 bits per heavy atom. The van der Waals surface area contributed by atoms with Crippen LogP contribution in [-0.4, -0.2) is 22.5 Å². The molecule has 0 bridgehead atoms. The highest BCUT2D eigenvalue weighted by Gasteiger charge is 2.10. The van der Waals surface area contributed by atoms with E-state index in [1.807, 2.05) is 18.2 Å². The molecule has 0 aliphatic heterocycles. The fourth-order valence-corrected chi connectivity index (χ4v) is 1.90. The minimum atomic E-state index is -0.994. The highest BCUT2D eigenvalue weighted by atomic mass is 16.5. The Balaban J connectivity index is 0.000000212. The second-order valence-electron chi connectivity index (χ2n) is 4.93. The Morgan fingerprint density at radius 2 is 1.44 bits per heavy atom. The number of para-hydroxylation sites is 2. The van der Waals surface area contributed by atoms with Crippen LogP contribution in [-0.2, 0) is 0 Å². The van der Waals surface area contributed by atoms with Gasteiger partial charge in [0.1, 0.15) is 29.1 Å². The molecule has 0 aromatic heterocycles. The maximum Gasteiger partial charge on any atom is 0.339 e. The molecule has 0 aliphatic carbocycles. The lowest BCUT2D eigenvalue weighted by molar-refractivity contribution is 0.0694. The van der Waals surface area contributed by atoms with Crippen molar-refractivity contribution >= 4 is 12.3 Å². The molecule has 0 heterocycles. The number of carbonyl (C=O) groups excluding carboxylic acids is 1. The molecule has 2 N–H and O–H groups in total. The number of hydrogen-bond acceptors (Lipinski definition) is 4. The van der Waals surface area contributed by atoms with Crippen LogP contribution in [0.25, 0.3) is 0 Å². The van der Waals surface area contributed by atoms with E-state index in [1.165, 1.54) is 18.2 Å². The normalized spacial score (nSPS) is 9.44. The van der Waals surface area contributed by atoms with E-state index in [0.717, 1.165) is 6.29 Å². The van der Waals surface area contributed by atoms with E-state index in [2.05, 4.69) is 0 Å². The van der Waals surface area contributed by atoms with Crippen molar-refractivity contribution in [2.75, 3.05) is 0 Å². The van der Waals surface area contributed by atoms with Crippen molar-refractivity contribution in [2.24, 2.45) is 0 Å². The molecule has 3 aromatic rings. The summed E-state index contributed by atoms with van der Waals surface area (Å²) in [5.41, 5.74) is 0.735. The van der Waals surface area contributed by atoms with Crippen LogP contribution in [0.1, 0.15) is 20.7 Å². The van der Waals surface area contributed by atoms with E-state index < -0.39 is 5.97 Å². The molecule has 0 atom stereocenters. The van der Waals surface area contributed by atoms with Crippen molar-refractivity contribution in [1.82, 2.24) is 0 Å². The van der Waals surface area contributed by atoms with Crippen LogP contribution in [0.15, 0.2) is 78.9 Å². The van der Waals surface area contributed by atoms with Gasteiger partial charge >= 0.3 is 5.97 Å². The van der Waals surface area contributed by atoms with Crippen molar-refractivity contribution in [3.63, 3.8) is 0 Å². The fraction of sp³-hybridized carbons (Fsp3) is 0. The van der Waals surface area contributed by atoms with Gasteiger partial charge in [0.25, 0.3) is 0 Å². The fourth-order valence-electron chi connectivity index (χ4n) is 1.90. The van der Waals surface area contributed by atoms with Gasteiger partial charge in [-0.15, -0.1) is 0 Å². The van der Waals surface area contributed by atoms with Crippen molar-refractivity contribution in [3.05, 3.63) is 90.0 Å². The molecule has 5 nitrogen and oxygen atoms in total. The molecule has 5 heteroatoms. The van der Waals surface area contributed by atoms with Crippen LogP contribution in [0.4, 0.5) is 0 Å². The SMILES string of the molecule is O=C(O)c1ccccc1Oc1ccccc1.O=Cc1ccc(O)cc1. The molecule has 0 spiro atoms. The third-order valence-corrected chi connectivity index (χ3v) is 3.12. The summed E-state index contributed by atoms with van der Waals surface area (Å²) in [5.74, 6) is 0.157. The summed E-state index contributed by atoms with van der Waals surface area (Å²) < 4.78 is 5.49. The average Bonchev–Trinajstić information content (AvgIpc) is 2.64. The quantitative estimate of drug-likeness (QED) is 0.691. The van der Waals surface area contributed by atoms with Crippen LogP contribution in [0.3, 0.4) is 0 Å². The van der Waals surface area contributed by atoms with Crippen LogP contribution >= 0.6 is 0 Å². The van der Waals surface area contributed by atoms with E-state index in [4.69, 9.17) is 14.9 Å². The minimum absolute atomic E-state index is 0.159. The average molecular weight is 336 g/mol. The number of aldehydes is 1. The van der Waals surface area contributed by atoms with Crippen molar-refractivity contribution in [2.45, 2.75) is 0 Å². The number of aromatic hydroxyl groups is 1. The van der Waals surface area contributed by atoms with Gasteiger partial charge in [0, 0.05) is 5.56 Å². The molecular formula is C20H16O5. The topological polar surface area (TPSA) is 83.8 Å². The first kappa shape index (κ1) is 17.7. The maximum absolute atomic E-state index is 10.9. The molecule has 3 aromatic carbocycles. The number of rotatable bonds is 4. The van der Waals surface area contributed by atoms with Gasteiger partial charge in [-0.05, 0) is 48.5 Å². The number of carboxylic acid groups (broad SMARTS) is 1. The third-order valence-electron chi connectivity index (χ3n) is 3.12. The molecule has 0 aliphatic rings. The third kappa shape index (κ3) is 5.51. The largest absolute Gasteiger partial charge is 0.508 e. The standard InChI is InChI=1S/C13H10O3.C7H6O2/c14-13(15)11-8-4-5-9-12(11)16-10-6-2-1-3-7-10;8-5-6-1-3-7(9)4-2-6/h1-9H,(H,14,15);1-5,9H. The van der Waals surface area contributed by atoms with E-state index in [1.54, 1.807) is 42.5 Å². The maximum atomic E-state index is 10.9. The number of aromatic carboxylic acids is 1. The lowest BCUT2D eigenvalue weighted by atomic mass is 10.2. The Bertz CT molecular complexity index is 826. The zero-order chi connectivity index (χ0) is 18.1. The smallest absolute Gasteiger partial charge is 0.339 e. The van der Waals surface area contributed by atoms with Crippen molar-refractivity contribution < 1.29 is 24.5 Å². The molecule has 25 heavy (non-hydrogen) atoms. The van der Waals surface area contributed by atoms with E-state index >= 15 is 0 Å². The number of phenolic OH excluding ortho intramolecular Hbond substituents is 1. The number of hydrogen-bond donors (Lipinski definition) is 2. The van der Waals surface area contributed by atoms with Gasteiger partial charge in [-0.3, -0.25) is 4.79 Å². The van der Waals surface area contributed by atoms with Gasteiger partial charge in [0.2, 0.25) is 0 Å². The number of carbonyl (C=O) groups is 2. The van der Waals surface area contributed by atoms with Crippen LogP contribution in [0.5, 0.6) is 17.2 Å². The predicted molar refractivity (Wildman–Crippen MR) is 93.4 cm³/mol. The molecule has 0 saturated carbocycles. The lowest BCUT2D eigenvalue weighted by Crippen LogP contribution is -1.99. The molecule has 0 amide bonds. The molecule has 0 radical (unpaired) electrons. The number of ether oxygens (including phenoxy) is 1. The summed E-state index contributed by atoms with van der Waals surface area (Å²) in [6, 6.07) is 21.7. The Labute approximate surface area is 144 Å². The summed E-state index contributed by atoms with van der Waals surface area (Å²) in [7, 11) is 0. The summed E-state index contributed by atoms with van der Waals surface area (Å²) in [4.78, 5) is 21.0. The lowest BCUT2D eigenvalue weighted by Gasteiger charge is -2.07. The first-order valence-electron chi connectivity index (χ1n) is 7.39. The van der Waals surface area contributed by atoms with E-state index in [9.17, 15) is 9.59 Å². The summed E-state index contributed by atoms with van der Waals surface area (Å²) in [6.07, 6.45) is 0.736. The monoisotopic (exact) mass is 336 g/mol. The van der Waals surface area contributed by atoms with Gasteiger partial charge in [-0.2, -0.15) is 0 Å². The number of benzene rings is 3. The second kappa shape index (κ2) is 8.88. The first-order chi connectivity index (χ1) is 12.1. The zero-order valence-electron chi connectivity index (χ0n) is 13.2. The van der Waals surface area contributed by atoms with Crippen LogP contribution in [0.2, 0.25) is 0 Å². The Hall–Kier alpha value is -3.60. The zero-order valence-corrected chi connectivity index (χ0v) is 13.2.